The Hall–Kier alpha value is -1.48. The third kappa shape index (κ3) is 2.23. The molecule has 0 fully saturated rings. The molecule has 2 aromatic rings. The second kappa shape index (κ2) is 5.02. The van der Waals surface area contributed by atoms with Gasteiger partial charge in [-0.1, -0.05) is 6.92 Å². The first-order valence-electron chi connectivity index (χ1n) is 6.74. The molecule has 0 radical (unpaired) electrons. The highest BCUT2D eigenvalue weighted by Crippen LogP contribution is 2.30. The van der Waals surface area contributed by atoms with Crippen molar-refractivity contribution in [3.63, 3.8) is 0 Å². The summed E-state index contributed by atoms with van der Waals surface area (Å²) in [6.07, 6.45) is 6.19. The van der Waals surface area contributed by atoms with Crippen molar-refractivity contribution in [1.82, 2.24) is 5.32 Å². The molecule has 0 saturated carbocycles. The van der Waals surface area contributed by atoms with Gasteiger partial charge in [-0.05, 0) is 31.0 Å². The number of aryl methyl sites for hydroxylation is 2. The van der Waals surface area contributed by atoms with E-state index >= 15 is 0 Å². The van der Waals surface area contributed by atoms with E-state index < -0.39 is 0 Å². The maximum absolute atomic E-state index is 5.71. The summed E-state index contributed by atoms with van der Waals surface area (Å²) >= 11 is 0. The summed E-state index contributed by atoms with van der Waals surface area (Å²) in [6.45, 7) is 2.89. The van der Waals surface area contributed by atoms with Gasteiger partial charge in [-0.15, -0.1) is 0 Å². The van der Waals surface area contributed by atoms with Crippen LogP contribution < -0.4 is 5.32 Å². The normalized spacial score (nSPS) is 18.8. The Kier molecular flexibility index (Phi) is 3.24. The standard InChI is InChI=1S/C15H19NO2/c1-2-11-6-7-12(18-11)10-16-14-4-3-5-15-13(14)8-9-17-15/h6-9,14,16H,2-5,10H2,1H3. The van der Waals surface area contributed by atoms with Crippen molar-refractivity contribution in [1.29, 1.82) is 0 Å². The van der Waals surface area contributed by atoms with Crippen LogP contribution in [0.25, 0.3) is 0 Å². The second-order valence-electron chi connectivity index (χ2n) is 4.85. The molecule has 1 atom stereocenters. The predicted octanol–water partition coefficient (Wildman–Crippen LogP) is 3.60. The second-order valence-corrected chi connectivity index (χ2v) is 4.85. The molecule has 3 heteroatoms. The van der Waals surface area contributed by atoms with Crippen molar-refractivity contribution >= 4 is 0 Å². The Bertz CT molecular complexity index is 512. The molecule has 18 heavy (non-hydrogen) atoms. The van der Waals surface area contributed by atoms with E-state index in [0.29, 0.717) is 6.04 Å². The lowest BCUT2D eigenvalue weighted by Gasteiger charge is -2.22. The fourth-order valence-electron chi connectivity index (χ4n) is 2.63. The van der Waals surface area contributed by atoms with Crippen LogP contribution in [0.5, 0.6) is 0 Å². The molecule has 0 amide bonds. The van der Waals surface area contributed by atoms with Gasteiger partial charge in [0, 0.05) is 24.4 Å². The van der Waals surface area contributed by atoms with E-state index in [9.17, 15) is 0 Å². The lowest BCUT2D eigenvalue weighted by Crippen LogP contribution is -2.23. The summed E-state index contributed by atoms with van der Waals surface area (Å²) in [6, 6.07) is 6.61. The lowest BCUT2D eigenvalue weighted by atomic mass is 9.93. The van der Waals surface area contributed by atoms with E-state index in [-0.39, 0.29) is 0 Å². The van der Waals surface area contributed by atoms with Crippen LogP contribution in [0.4, 0.5) is 0 Å². The fraction of sp³-hybridized carbons (Fsp3) is 0.467. The number of hydrogen-bond donors (Lipinski definition) is 1. The first-order chi connectivity index (χ1) is 8.86. The van der Waals surface area contributed by atoms with Crippen LogP contribution in [0.15, 0.2) is 33.3 Å². The zero-order chi connectivity index (χ0) is 12.4. The van der Waals surface area contributed by atoms with Crippen LogP contribution in [0.2, 0.25) is 0 Å². The van der Waals surface area contributed by atoms with Crippen LogP contribution in [0, 0.1) is 0 Å². The predicted molar refractivity (Wildman–Crippen MR) is 69.3 cm³/mol. The molecular weight excluding hydrogens is 226 g/mol. The smallest absolute Gasteiger partial charge is 0.117 e. The summed E-state index contributed by atoms with van der Waals surface area (Å²) in [5, 5.41) is 3.56. The zero-order valence-electron chi connectivity index (χ0n) is 10.7. The van der Waals surface area contributed by atoms with Gasteiger partial charge >= 0.3 is 0 Å². The average Bonchev–Trinajstić information content (AvgIpc) is 3.05. The minimum absolute atomic E-state index is 0.405. The zero-order valence-corrected chi connectivity index (χ0v) is 10.7. The summed E-state index contributed by atoms with van der Waals surface area (Å²) in [5.41, 5.74) is 1.32. The number of fused-ring (bicyclic) bond motifs is 1. The average molecular weight is 245 g/mol. The minimum atomic E-state index is 0.405. The summed E-state index contributed by atoms with van der Waals surface area (Å²) in [5.74, 6) is 3.22. The molecule has 2 heterocycles. The molecular formula is C15H19NO2. The molecule has 3 rings (SSSR count). The molecule has 1 aliphatic carbocycles. The number of furan rings is 2. The summed E-state index contributed by atoms with van der Waals surface area (Å²) < 4.78 is 11.2. The van der Waals surface area contributed by atoms with Crippen molar-refractivity contribution in [2.75, 3.05) is 0 Å². The van der Waals surface area contributed by atoms with Crippen molar-refractivity contribution in [2.45, 2.75) is 45.2 Å². The van der Waals surface area contributed by atoms with Crippen LogP contribution in [-0.2, 0) is 19.4 Å². The minimum Gasteiger partial charge on any atom is -0.469 e. The van der Waals surface area contributed by atoms with Gasteiger partial charge in [-0.2, -0.15) is 0 Å². The number of hydrogen-bond acceptors (Lipinski definition) is 3. The molecule has 0 spiro atoms. The Morgan fingerprint density at radius 3 is 3.00 bits per heavy atom. The van der Waals surface area contributed by atoms with E-state index in [1.54, 1.807) is 6.26 Å². The van der Waals surface area contributed by atoms with Crippen LogP contribution in [-0.4, -0.2) is 0 Å². The van der Waals surface area contributed by atoms with Gasteiger partial charge in [0.1, 0.15) is 17.3 Å². The van der Waals surface area contributed by atoms with Gasteiger partial charge < -0.3 is 14.2 Å². The first-order valence-corrected chi connectivity index (χ1v) is 6.74. The molecule has 0 aliphatic heterocycles. The quantitative estimate of drug-likeness (QED) is 0.894. The highest BCUT2D eigenvalue weighted by atomic mass is 16.3. The third-order valence-corrected chi connectivity index (χ3v) is 3.64. The molecule has 1 N–H and O–H groups in total. The van der Waals surface area contributed by atoms with E-state index in [1.165, 1.54) is 18.4 Å². The molecule has 96 valence electrons. The monoisotopic (exact) mass is 245 g/mol. The molecule has 0 saturated heterocycles. The highest BCUT2D eigenvalue weighted by Gasteiger charge is 2.22. The van der Waals surface area contributed by atoms with Crippen molar-refractivity contribution < 1.29 is 8.83 Å². The molecule has 0 bridgehead atoms. The fourth-order valence-corrected chi connectivity index (χ4v) is 2.63. The largest absolute Gasteiger partial charge is 0.469 e. The molecule has 2 aromatic heterocycles. The van der Waals surface area contributed by atoms with Crippen molar-refractivity contribution in [3.8, 4) is 0 Å². The Balaban J connectivity index is 1.64. The van der Waals surface area contributed by atoms with Gasteiger partial charge in [-0.3, -0.25) is 0 Å². The van der Waals surface area contributed by atoms with Crippen molar-refractivity contribution in [3.05, 3.63) is 47.3 Å². The van der Waals surface area contributed by atoms with Crippen LogP contribution in [0.3, 0.4) is 0 Å². The van der Waals surface area contributed by atoms with E-state index in [1.807, 2.05) is 0 Å². The maximum Gasteiger partial charge on any atom is 0.117 e. The highest BCUT2D eigenvalue weighted by molar-refractivity contribution is 5.24. The van der Waals surface area contributed by atoms with Gasteiger partial charge in [0.2, 0.25) is 0 Å². The van der Waals surface area contributed by atoms with Gasteiger partial charge in [0.25, 0.3) is 0 Å². The van der Waals surface area contributed by atoms with E-state index in [2.05, 4.69) is 30.4 Å². The van der Waals surface area contributed by atoms with Gasteiger partial charge in [0.15, 0.2) is 0 Å². The Morgan fingerprint density at radius 2 is 2.17 bits per heavy atom. The van der Waals surface area contributed by atoms with E-state index in [0.717, 1.165) is 36.7 Å². The van der Waals surface area contributed by atoms with Gasteiger partial charge in [0.05, 0.1) is 12.8 Å². The Labute approximate surface area is 107 Å². The Morgan fingerprint density at radius 1 is 1.28 bits per heavy atom. The molecule has 1 aliphatic rings. The third-order valence-electron chi connectivity index (χ3n) is 3.64. The van der Waals surface area contributed by atoms with Crippen LogP contribution in [0.1, 0.15) is 48.7 Å². The topological polar surface area (TPSA) is 38.3 Å². The number of nitrogens with one attached hydrogen (secondary N) is 1. The summed E-state index contributed by atoms with van der Waals surface area (Å²) in [7, 11) is 0. The molecule has 3 nitrogen and oxygen atoms in total. The SMILES string of the molecule is CCc1ccc(CNC2CCCc3occc32)o1. The van der Waals surface area contributed by atoms with E-state index in [4.69, 9.17) is 8.83 Å². The lowest BCUT2D eigenvalue weighted by molar-refractivity contribution is 0.385. The summed E-state index contributed by atoms with van der Waals surface area (Å²) in [4.78, 5) is 0. The van der Waals surface area contributed by atoms with Crippen LogP contribution >= 0.6 is 0 Å². The van der Waals surface area contributed by atoms with Gasteiger partial charge in [-0.25, -0.2) is 0 Å². The number of rotatable bonds is 4. The van der Waals surface area contributed by atoms with Crippen molar-refractivity contribution in [2.24, 2.45) is 0 Å². The first kappa shape index (κ1) is 11.6. The molecule has 0 aromatic carbocycles. The molecule has 1 unspecified atom stereocenters. The maximum atomic E-state index is 5.71.